The Labute approximate surface area is 123 Å². The van der Waals surface area contributed by atoms with Gasteiger partial charge in [-0.05, 0) is 25.0 Å². The maximum Gasteiger partial charge on any atom is 0.339 e. The summed E-state index contributed by atoms with van der Waals surface area (Å²) >= 11 is 0. The Morgan fingerprint density at radius 3 is 2.57 bits per heavy atom. The molecule has 1 amide bonds. The lowest BCUT2D eigenvalue weighted by Gasteiger charge is -2.25. The van der Waals surface area contributed by atoms with Crippen LogP contribution >= 0.6 is 0 Å². The number of carbonyl (C=O) groups is 2. The van der Waals surface area contributed by atoms with Crippen molar-refractivity contribution in [3.63, 3.8) is 0 Å². The number of rotatable bonds is 5. The molecule has 0 bridgehead atoms. The summed E-state index contributed by atoms with van der Waals surface area (Å²) in [6.45, 7) is 0.323. The number of carbonyl (C=O) groups excluding carboxylic acids is 1. The third-order valence-corrected chi connectivity index (χ3v) is 4.12. The van der Waals surface area contributed by atoms with Gasteiger partial charge in [-0.15, -0.1) is 0 Å². The number of ether oxygens (including phenoxy) is 1. The zero-order chi connectivity index (χ0) is 15.5. The number of anilines is 1. The minimum absolute atomic E-state index is 0.0601. The molecule has 0 aliphatic heterocycles. The number of carboxylic acids is 1. The molecule has 1 aliphatic rings. The fraction of sp³-hybridized carbons (Fsp3) is 0.467. The molecule has 0 spiro atoms. The molecule has 0 aromatic heterocycles. The summed E-state index contributed by atoms with van der Waals surface area (Å²) in [5.41, 5.74) is 5.85. The van der Waals surface area contributed by atoms with Crippen molar-refractivity contribution in [1.29, 1.82) is 0 Å². The monoisotopic (exact) mass is 292 g/mol. The second kappa shape index (κ2) is 6.13. The smallest absolute Gasteiger partial charge is 0.339 e. The molecule has 1 aromatic rings. The van der Waals surface area contributed by atoms with Gasteiger partial charge < -0.3 is 20.9 Å². The molecule has 1 fully saturated rings. The van der Waals surface area contributed by atoms with Crippen molar-refractivity contribution in [2.75, 3.05) is 19.0 Å². The zero-order valence-electron chi connectivity index (χ0n) is 12.0. The maximum absolute atomic E-state index is 12.4. The maximum atomic E-state index is 12.4. The van der Waals surface area contributed by atoms with Gasteiger partial charge in [-0.1, -0.05) is 12.8 Å². The third-order valence-electron chi connectivity index (χ3n) is 4.12. The average molecular weight is 292 g/mol. The lowest BCUT2D eigenvalue weighted by Crippen LogP contribution is -2.40. The van der Waals surface area contributed by atoms with Gasteiger partial charge >= 0.3 is 5.97 Å². The van der Waals surface area contributed by atoms with E-state index in [1.165, 1.54) is 19.2 Å². The highest BCUT2D eigenvalue weighted by Crippen LogP contribution is 2.38. The van der Waals surface area contributed by atoms with E-state index in [4.69, 9.17) is 15.6 Å². The van der Waals surface area contributed by atoms with Gasteiger partial charge in [0.2, 0.25) is 5.91 Å². The normalized spacial score (nSPS) is 16.5. The second-order valence-electron chi connectivity index (χ2n) is 5.37. The van der Waals surface area contributed by atoms with E-state index in [0.29, 0.717) is 12.2 Å². The SMILES string of the molecule is COc1cc(NC(=O)C2(CN)CCCC2)ccc1C(=O)O. The lowest BCUT2D eigenvalue weighted by molar-refractivity contribution is -0.124. The first-order chi connectivity index (χ1) is 10.0. The largest absolute Gasteiger partial charge is 0.496 e. The minimum Gasteiger partial charge on any atom is -0.496 e. The molecule has 0 heterocycles. The van der Waals surface area contributed by atoms with E-state index < -0.39 is 11.4 Å². The van der Waals surface area contributed by atoms with Crippen molar-refractivity contribution in [2.45, 2.75) is 25.7 Å². The van der Waals surface area contributed by atoms with Crippen LogP contribution in [0.3, 0.4) is 0 Å². The Bertz CT molecular complexity index is 551. The summed E-state index contributed by atoms with van der Waals surface area (Å²) in [5, 5.41) is 11.9. The Balaban J connectivity index is 2.19. The number of methoxy groups -OCH3 is 1. The lowest BCUT2D eigenvalue weighted by atomic mass is 9.85. The molecule has 1 saturated carbocycles. The fourth-order valence-electron chi connectivity index (χ4n) is 2.78. The highest BCUT2D eigenvalue weighted by molar-refractivity contribution is 5.97. The number of amides is 1. The van der Waals surface area contributed by atoms with Gasteiger partial charge in [-0.2, -0.15) is 0 Å². The van der Waals surface area contributed by atoms with E-state index in [-0.39, 0.29) is 17.2 Å². The van der Waals surface area contributed by atoms with Crippen LogP contribution in [0.15, 0.2) is 18.2 Å². The molecule has 6 heteroatoms. The Hall–Kier alpha value is -2.08. The van der Waals surface area contributed by atoms with Gasteiger partial charge in [-0.3, -0.25) is 4.79 Å². The summed E-state index contributed by atoms with van der Waals surface area (Å²) in [7, 11) is 1.39. The summed E-state index contributed by atoms with van der Waals surface area (Å²) in [5.74, 6) is -0.958. The van der Waals surface area contributed by atoms with Crippen molar-refractivity contribution in [3.8, 4) is 5.75 Å². The van der Waals surface area contributed by atoms with Crippen molar-refractivity contribution < 1.29 is 19.4 Å². The van der Waals surface area contributed by atoms with Crippen LogP contribution in [-0.4, -0.2) is 30.6 Å². The summed E-state index contributed by atoms with van der Waals surface area (Å²) < 4.78 is 5.05. The van der Waals surface area contributed by atoms with E-state index in [1.54, 1.807) is 6.07 Å². The molecule has 2 rings (SSSR count). The van der Waals surface area contributed by atoms with Gasteiger partial charge in [0.25, 0.3) is 0 Å². The van der Waals surface area contributed by atoms with Gasteiger partial charge in [0.05, 0.1) is 12.5 Å². The average Bonchev–Trinajstić information content (AvgIpc) is 2.97. The molecule has 0 radical (unpaired) electrons. The van der Waals surface area contributed by atoms with E-state index in [0.717, 1.165) is 25.7 Å². The highest BCUT2D eigenvalue weighted by Gasteiger charge is 2.39. The van der Waals surface area contributed by atoms with Gasteiger partial charge in [0.1, 0.15) is 11.3 Å². The number of nitrogens with two attached hydrogens (primary N) is 1. The van der Waals surface area contributed by atoms with Crippen molar-refractivity contribution in [1.82, 2.24) is 0 Å². The summed E-state index contributed by atoms with van der Waals surface area (Å²) in [4.78, 5) is 23.5. The van der Waals surface area contributed by atoms with Crippen LogP contribution < -0.4 is 15.8 Å². The van der Waals surface area contributed by atoms with Gasteiger partial charge in [0.15, 0.2) is 0 Å². The van der Waals surface area contributed by atoms with Crippen LogP contribution in [0.5, 0.6) is 5.75 Å². The Morgan fingerprint density at radius 1 is 1.38 bits per heavy atom. The molecule has 1 aromatic carbocycles. The highest BCUT2D eigenvalue weighted by atomic mass is 16.5. The molecule has 0 unspecified atom stereocenters. The summed E-state index contributed by atoms with van der Waals surface area (Å²) in [6.07, 6.45) is 3.59. The predicted octanol–water partition coefficient (Wildman–Crippen LogP) is 1.85. The molecule has 0 atom stereocenters. The van der Waals surface area contributed by atoms with Crippen molar-refractivity contribution in [2.24, 2.45) is 11.1 Å². The van der Waals surface area contributed by atoms with Crippen LogP contribution in [-0.2, 0) is 4.79 Å². The van der Waals surface area contributed by atoms with E-state index >= 15 is 0 Å². The number of aromatic carboxylic acids is 1. The molecule has 6 nitrogen and oxygen atoms in total. The van der Waals surface area contributed by atoms with Crippen LogP contribution in [0, 0.1) is 5.41 Å². The number of hydrogen-bond acceptors (Lipinski definition) is 4. The van der Waals surface area contributed by atoms with Gasteiger partial charge in [-0.25, -0.2) is 4.79 Å². The third kappa shape index (κ3) is 3.00. The number of benzene rings is 1. The molecule has 0 saturated heterocycles. The van der Waals surface area contributed by atoms with Crippen molar-refractivity contribution in [3.05, 3.63) is 23.8 Å². The zero-order valence-corrected chi connectivity index (χ0v) is 12.0. The number of carboxylic acid groups (broad SMARTS) is 1. The topological polar surface area (TPSA) is 102 Å². The molecular weight excluding hydrogens is 272 g/mol. The molecular formula is C15H20N2O4. The van der Waals surface area contributed by atoms with E-state index in [9.17, 15) is 9.59 Å². The number of hydrogen-bond donors (Lipinski definition) is 3. The van der Waals surface area contributed by atoms with Crippen LogP contribution in [0.4, 0.5) is 5.69 Å². The minimum atomic E-state index is -1.07. The first-order valence-corrected chi connectivity index (χ1v) is 6.95. The summed E-state index contributed by atoms with van der Waals surface area (Å²) in [6, 6.07) is 4.49. The Morgan fingerprint density at radius 2 is 2.05 bits per heavy atom. The van der Waals surface area contributed by atoms with E-state index in [2.05, 4.69) is 5.32 Å². The van der Waals surface area contributed by atoms with Crippen LogP contribution in [0.1, 0.15) is 36.0 Å². The molecule has 21 heavy (non-hydrogen) atoms. The first kappa shape index (κ1) is 15.3. The van der Waals surface area contributed by atoms with Crippen LogP contribution in [0.2, 0.25) is 0 Å². The van der Waals surface area contributed by atoms with Crippen molar-refractivity contribution >= 4 is 17.6 Å². The predicted molar refractivity (Wildman–Crippen MR) is 78.5 cm³/mol. The van der Waals surface area contributed by atoms with Crippen LogP contribution in [0.25, 0.3) is 0 Å². The molecule has 1 aliphatic carbocycles. The first-order valence-electron chi connectivity index (χ1n) is 6.95. The molecule has 4 N–H and O–H groups in total. The number of nitrogens with one attached hydrogen (secondary N) is 1. The standard InChI is InChI=1S/C15H20N2O4/c1-21-12-8-10(4-5-11(12)13(18)19)17-14(20)15(9-16)6-2-3-7-15/h4-5,8H,2-3,6-7,9,16H2,1H3,(H,17,20)(H,18,19). The fourth-order valence-corrected chi connectivity index (χ4v) is 2.78. The second-order valence-corrected chi connectivity index (χ2v) is 5.37. The molecule has 114 valence electrons. The van der Waals surface area contributed by atoms with E-state index in [1.807, 2.05) is 0 Å². The quantitative estimate of drug-likeness (QED) is 0.768. The Kier molecular flexibility index (Phi) is 4.47. The van der Waals surface area contributed by atoms with Gasteiger partial charge in [0, 0.05) is 18.3 Å².